The Morgan fingerprint density at radius 3 is 3.31 bits per heavy atom. The Morgan fingerprint density at radius 1 is 1.62 bits per heavy atom. The second kappa shape index (κ2) is 5.96. The lowest BCUT2D eigenvalue weighted by Crippen LogP contribution is -2.07. The SMILES string of the molecule is CNCc1cn(CCCC2CCCO2)nn1. The Labute approximate surface area is 96.2 Å². The molecule has 5 nitrogen and oxygen atoms in total. The molecule has 90 valence electrons. The predicted octanol–water partition coefficient (Wildman–Crippen LogP) is 0.957. The number of hydrogen-bond donors (Lipinski definition) is 1. The number of ether oxygens (including phenoxy) is 1. The molecule has 0 radical (unpaired) electrons. The molecule has 0 bridgehead atoms. The minimum Gasteiger partial charge on any atom is -0.378 e. The van der Waals surface area contributed by atoms with Crippen molar-refractivity contribution in [3.05, 3.63) is 11.9 Å². The minimum atomic E-state index is 0.486. The normalized spacial score (nSPS) is 20.4. The summed E-state index contributed by atoms with van der Waals surface area (Å²) < 4.78 is 7.50. The molecule has 1 aliphatic heterocycles. The van der Waals surface area contributed by atoms with E-state index in [2.05, 4.69) is 15.6 Å². The molecular formula is C11H20N4O. The molecule has 2 rings (SSSR count). The molecule has 0 spiro atoms. The summed E-state index contributed by atoms with van der Waals surface area (Å²) in [6, 6.07) is 0. The summed E-state index contributed by atoms with van der Waals surface area (Å²) in [6.07, 6.45) is 7.20. The molecule has 1 N–H and O–H groups in total. The van der Waals surface area contributed by atoms with Crippen LogP contribution in [0.25, 0.3) is 0 Å². The summed E-state index contributed by atoms with van der Waals surface area (Å²) in [6.45, 7) is 2.67. The zero-order valence-corrected chi connectivity index (χ0v) is 9.85. The third-order valence-electron chi connectivity index (χ3n) is 2.88. The van der Waals surface area contributed by atoms with Gasteiger partial charge in [-0.15, -0.1) is 5.10 Å². The maximum atomic E-state index is 5.58. The van der Waals surface area contributed by atoms with Gasteiger partial charge in [0.15, 0.2) is 0 Å². The fourth-order valence-electron chi connectivity index (χ4n) is 2.06. The van der Waals surface area contributed by atoms with Crippen LogP contribution >= 0.6 is 0 Å². The van der Waals surface area contributed by atoms with Crippen LogP contribution in [0.15, 0.2) is 6.20 Å². The molecule has 1 fully saturated rings. The standard InChI is InChI=1S/C11H20N4O/c1-12-8-10-9-15(14-13-10)6-2-4-11-5-3-7-16-11/h9,11-12H,2-8H2,1H3. The second-order valence-corrected chi connectivity index (χ2v) is 4.28. The third-order valence-corrected chi connectivity index (χ3v) is 2.88. The number of nitrogens with zero attached hydrogens (tertiary/aromatic N) is 3. The van der Waals surface area contributed by atoms with Crippen molar-refractivity contribution >= 4 is 0 Å². The van der Waals surface area contributed by atoms with Crippen molar-refractivity contribution in [3.63, 3.8) is 0 Å². The smallest absolute Gasteiger partial charge is 0.0964 e. The molecule has 0 amide bonds. The molecule has 1 saturated heterocycles. The molecule has 16 heavy (non-hydrogen) atoms. The second-order valence-electron chi connectivity index (χ2n) is 4.28. The summed E-state index contributed by atoms with van der Waals surface area (Å²) in [5.74, 6) is 0. The van der Waals surface area contributed by atoms with Crippen LogP contribution in [0.3, 0.4) is 0 Å². The number of aryl methyl sites for hydroxylation is 1. The van der Waals surface area contributed by atoms with Gasteiger partial charge in [-0.1, -0.05) is 5.21 Å². The van der Waals surface area contributed by atoms with Crippen LogP contribution in [0, 0.1) is 0 Å². The lowest BCUT2D eigenvalue weighted by Gasteiger charge is -2.07. The fraction of sp³-hybridized carbons (Fsp3) is 0.818. The van der Waals surface area contributed by atoms with Crippen LogP contribution in [0.4, 0.5) is 0 Å². The molecule has 1 aliphatic rings. The van der Waals surface area contributed by atoms with Crippen molar-refractivity contribution in [1.29, 1.82) is 0 Å². The maximum Gasteiger partial charge on any atom is 0.0964 e. The highest BCUT2D eigenvalue weighted by atomic mass is 16.5. The van der Waals surface area contributed by atoms with Crippen LogP contribution in [0.2, 0.25) is 0 Å². The molecule has 1 aromatic rings. The Morgan fingerprint density at radius 2 is 2.56 bits per heavy atom. The zero-order valence-electron chi connectivity index (χ0n) is 9.85. The highest BCUT2D eigenvalue weighted by Crippen LogP contribution is 2.16. The molecule has 0 aromatic carbocycles. The number of hydrogen-bond acceptors (Lipinski definition) is 4. The van der Waals surface area contributed by atoms with Gasteiger partial charge in [-0.3, -0.25) is 4.68 Å². The van der Waals surface area contributed by atoms with Crippen molar-refractivity contribution < 1.29 is 4.74 Å². The van der Waals surface area contributed by atoms with Crippen LogP contribution in [-0.2, 0) is 17.8 Å². The lowest BCUT2D eigenvalue weighted by molar-refractivity contribution is 0.101. The molecule has 5 heteroatoms. The molecule has 2 heterocycles. The summed E-state index contributed by atoms with van der Waals surface area (Å²) in [7, 11) is 1.91. The predicted molar refractivity (Wildman–Crippen MR) is 61.0 cm³/mol. The third kappa shape index (κ3) is 3.28. The largest absolute Gasteiger partial charge is 0.378 e. The average molecular weight is 224 g/mol. The van der Waals surface area contributed by atoms with E-state index in [1.807, 2.05) is 17.9 Å². The minimum absolute atomic E-state index is 0.486. The van der Waals surface area contributed by atoms with E-state index in [1.54, 1.807) is 0 Å². The van der Waals surface area contributed by atoms with Gasteiger partial charge < -0.3 is 10.1 Å². The number of aromatic nitrogens is 3. The van der Waals surface area contributed by atoms with E-state index in [0.717, 1.165) is 38.2 Å². The zero-order chi connectivity index (χ0) is 11.2. The van der Waals surface area contributed by atoms with E-state index in [0.29, 0.717) is 6.10 Å². The Bertz CT molecular complexity index is 307. The van der Waals surface area contributed by atoms with Gasteiger partial charge in [-0.2, -0.15) is 0 Å². The van der Waals surface area contributed by atoms with Crippen LogP contribution < -0.4 is 5.32 Å². The summed E-state index contributed by atoms with van der Waals surface area (Å²) >= 11 is 0. The lowest BCUT2D eigenvalue weighted by atomic mass is 10.1. The Kier molecular flexibility index (Phi) is 4.30. The van der Waals surface area contributed by atoms with Crippen molar-refractivity contribution in [2.45, 2.75) is 44.9 Å². The van der Waals surface area contributed by atoms with E-state index in [4.69, 9.17) is 4.74 Å². The molecule has 1 unspecified atom stereocenters. The molecule has 1 aromatic heterocycles. The molecule has 0 saturated carbocycles. The van der Waals surface area contributed by atoms with Crippen LogP contribution in [0.1, 0.15) is 31.4 Å². The van der Waals surface area contributed by atoms with E-state index in [1.165, 1.54) is 12.8 Å². The van der Waals surface area contributed by atoms with Gasteiger partial charge in [0.2, 0.25) is 0 Å². The molecule has 1 atom stereocenters. The van der Waals surface area contributed by atoms with E-state index < -0.39 is 0 Å². The quantitative estimate of drug-likeness (QED) is 0.782. The monoisotopic (exact) mass is 224 g/mol. The van der Waals surface area contributed by atoms with Crippen molar-refractivity contribution in [2.24, 2.45) is 0 Å². The van der Waals surface area contributed by atoms with Gasteiger partial charge in [-0.05, 0) is 32.7 Å². The van der Waals surface area contributed by atoms with Crippen molar-refractivity contribution in [2.75, 3.05) is 13.7 Å². The maximum absolute atomic E-state index is 5.58. The fourth-order valence-corrected chi connectivity index (χ4v) is 2.06. The van der Waals surface area contributed by atoms with Gasteiger partial charge in [-0.25, -0.2) is 0 Å². The average Bonchev–Trinajstić information content (AvgIpc) is 2.90. The first kappa shape index (κ1) is 11.5. The summed E-state index contributed by atoms with van der Waals surface area (Å²) in [5.41, 5.74) is 1.000. The Hall–Kier alpha value is -0.940. The molecule has 0 aliphatic carbocycles. The van der Waals surface area contributed by atoms with Crippen LogP contribution in [-0.4, -0.2) is 34.8 Å². The van der Waals surface area contributed by atoms with Gasteiger partial charge in [0.25, 0.3) is 0 Å². The highest BCUT2D eigenvalue weighted by Gasteiger charge is 2.14. The number of rotatable bonds is 6. The first-order chi connectivity index (χ1) is 7.88. The first-order valence-corrected chi connectivity index (χ1v) is 6.03. The van der Waals surface area contributed by atoms with Gasteiger partial charge >= 0.3 is 0 Å². The molecular weight excluding hydrogens is 204 g/mol. The van der Waals surface area contributed by atoms with Gasteiger partial charge in [0, 0.05) is 25.9 Å². The topological polar surface area (TPSA) is 52.0 Å². The van der Waals surface area contributed by atoms with Crippen molar-refractivity contribution in [1.82, 2.24) is 20.3 Å². The van der Waals surface area contributed by atoms with Gasteiger partial charge in [0.1, 0.15) is 0 Å². The Balaban J connectivity index is 1.67. The van der Waals surface area contributed by atoms with Crippen molar-refractivity contribution in [3.8, 4) is 0 Å². The van der Waals surface area contributed by atoms with Crippen LogP contribution in [0.5, 0.6) is 0 Å². The summed E-state index contributed by atoms with van der Waals surface area (Å²) in [5, 5.41) is 11.2. The van der Waals surface area contributed by atoms with E-state index in [-0.39, 0.29) is 0 Å². The highest BCUT2D eigenvalue weighted by molar-refractivity contribution is 4.90. The number of nitrogens with one attached hydrogen (secondary N) is 1. The van der Waals surface area contributed by atoms with E-state index in [9.17, 15) is 0 Å². The van der Waals surface area contributed by atoms with E-state index >= 15 is 0 Å². The summed E-state index contributed by atoms with van der Waals surface area (Å²) in [4.78, 5) is 0. The first-order valence-electron chi connectivity index (χ1n) is 6.03. The van der Waals surface area contributed by atoms with Gasteiger partial charge in [0.05, 0.1) is 11.8 Å².